The van der Waals surface area contributed by atoms with Crippen molar-refractivity contribution in [1.82, 2.24) is 0 Å². The van der Waals surface area contributed by atoms with Gasteiger partial charge in [0.1, 0.15) is 0 Å². The van der Waals surface area contributed by atoms with Crippen molar-refractivity contribution in [3.63, 3.8) is 0 Å². The molecule has 0 bridgehead atoms. The number of hydrogen-bond donors (Lipinski definition) is 0. The van der Waals surface area contributed by atoms with E-state index in [1.807, 2.05) is 0 Å². The molecule has 0 aliphatic carbocycles. The monoisotopic (exact) mass is 141 g/mol. The molecule has 0 aromatic heterocycles. The Morgan fingerprint density at radius 2 is 2.22 bits per heavy atom. The average molecular weight is 141 g/mol. The zero-order chi connectivity index (χ0) is 6.91. The molecule has 3 nitrogen and oxygen atoms in total. The Morgan fingerprint density at radius 3 is 2.44 bits per heavy atom. The Labute approximate surface area is 52.8 Å². The molecule has 46 valence electrons. The van der Waals surface area contributed by atoms with E-state index in [0.29, 0.717) is 0 Å². The lowest BCUT2D eigenvalue weighted by Gasteiger charge is -1.75. The van der Waals surface area contributed by atoms with Crippen LogP contribution in [-0.2, 0) is 9.84 Å². The summed E-state index contributed by atoms with van der Waals surface area (Å²) in [6, 6.07) is 1.71. The molecule has 1 aliphatic heterocycles. The molecule has 0 fully saturated rings. The van der Waals surface area contributed by atoms with Crippen molar-refractivity contribution in [3.8, 4) is 6.07 Å². The normalized spacial score (nSPS) is 21.0. The van der Waals surface area contributed by atoms with Gasteiger partial charge in [-0.2, -0.15) is 5.26 Å². The third-order valence-electron chi connectivity index (χ3n) is 0.858. The van der Waals surface area contributed by atoms with Gasteiger partial charge >= 0.3 is 0 Å². The highest BCUT2D eigenvalue weighted by Crippen LogP contribution is 2.10. The van der Waals surface area contributed by atoms with Crippen molar-refractivity contribution in [3.05, 3.63) is 22.5 Å². The summed E-state index contributed by atoms with van der Waals surface area (Å²) in [7, 11) is -3.17. The van der Waals surface area contributed by atoms with E-state index in [4.69, 9.17) is 5.26 Å². The maximum Gasteiger partial charge on any atom is 0.194 e. The molecule has 9 heavy (non-hydrogen) atoms. The van der Waals surface area contributed by atoms with E-state index in [1.165, 1.54) is 6.08 Å². The second-order valence-electron chi connectivity index (χ2n) is 1.58. The number of sulfone groups is 1. The van der Waals surface area contributed by atoms with Crippen molar-refractivity contribution in [2.75, 3.05) is 0 Å². The molecule has 0 radical (unpaired) electrons. The van der Waals surface area contributed by atoms with Gasteiger partial charge in [0.15, 0.2) is 9.84 Å². The molecule has 0 saturated heterocycles. The van der Waals surface area contributed by atoms with Gasteiger partial charge in [-0.3, -0.25) is 0 Å². The third-order valence-corrected chi connectivity index (χ3v) is 1.96. The van der Waals surface area contributed by atoms with Crippen molar-refractivity contribution < 1.29 is 8.42 Å². The molecule has 0 N–H and O–H groups in total. The number of rotatable bonds is 0. The minimum Gasteiger partial charge on any atom is -0.220 e. The molecular formula is C5H3NO2S. The predicted octanol–water partition coefficient (Wildman–Crippen LogP) is 0.336. The van der Waals surface area contributed by atoms with Crippen molar-refractivity contribution in [2.24, 2.45) is 0 Å². The van der Waals surface area contributed by atoms with Crippen molar-refractivity contribution in [1.29, 1.82) is 5.26 Å². The standard InChI is InChI=1S/C5H3NO2S/c6-3-5-1-2-9(7,8)4-5/h1-2,4H. The van der Waals surface area contributed by atoms with Gasteiger partial charge in [0.25, 0.3) is 0 Å². The first-order valence-electron chi connectivity index (χ1n) is 2.19. The fourth-order valence-corrected chi connectivity index (χ4v) is 1.39. The summed E-state index contributed by atoms with van der Waals surface area (Å²) >= 11 is 0. The Hall–Kier alpha value is -1.08. The first-order valence-corrected chi connectivity index (χ1v) is 3.80. The lowest BCUT2D eigenvalue weighted by atomic mass is 10.3. The van der Waals surface area contributed by atoms with E-state index in [9.17, 15) is 8.42 Å². The second kappa shape index (κ2) is 1.71. The molecular weight excluding hydrogens is 138 g/mol. The van der Waals surface area contributed by atoms with Gasteiger partial charge < -0.3 is 0 Å². The highest BCUT2D eigenvalue weighted by molar-refractivity contribution is 7.97. The molecule has 4 heteroatoms. The van der Waals surface area contributed by atoms with Crippen LogP contribution in [0.2, 0.25) is 0 Å². The van der Waals surface area contributed by atoms with Crippen LogP contribution in [0.15, 0.2) is 22.5 Å². The van der Waals surface area contributed by atoms with Gasteiger partial charge in [-0.1, -0.05) is 0 Å². The molecule has 0 aromatic rings. The Bertz CT molecular complexity index is 315. The fourth-order valence-electron chi connectivity index (χ4n) is 0.487. The lowest BCUT2D eigenvalue weighted by molar-refractivity contribution is 0.613. The molecule has 1 rings (SSSR count). The van der Waals surface area contributed by atoms with Gasteiger partial charge in [0.2, 0.25) is 0 Å². The average Bonchev–Trinajstić information content (AvgIpc) is 2.10. The molecule has 0 aromatic carbocycles. The van der Waals surface area contributed by atoms with Crippen LogP contribution in [0.4, 0.5) is 0 Å². The molecule has 1 aliphatic rings. The van der Waals surface area contributed by atoms with Crippen LogP contribution in [0, 0.1) is 11.3 Å². The summed E-state index contributed by atoms with van der Waals surface area (Å²) in [6.45, 7) is 0. The summed E-state index contributed by atoms with van der Waals surface area (Å²) < 4.78 is 21.0. The first kappa shape index (κ1) is 6.05. The van der Waals surface area contributed by atoms with Crippen LogP contribution in [0.5, 0.6) is 0 Å². The van der Waals surface area contributed by atoms with Crippen molar-refractivity contribution in [2.45, 2.75) is 0 Å². The quantitative estimate of drug-likeness (QED) is 0.488. The van der Waals surface area contributed by atoms with E-state index in [0.717, 1.165) is 10.8 Å². The van der Waals surface area contributed by atoms with Crippen molar-refractivity contribution >= 4 is 9.84 Å². The SMILES string of the molecule is N#CC1=CS(=O)(=O)C=C1. The summed E-state index contributed by atoms with van der Waals surface area (Å²) in [5.74, 6) is 0. The van der Waals surface area contributed by atoms with Crippen LogP contribution >= 0.6 is 0 Å². The Morgan fingerprint density at radius 1 is 1.56 bits per heavy atom. The van der Waals surface area contributed by atoms with E-state index in [1.54, 1.807) is 6.07 Å². The summed E-state index contributed by atoms with van der Waals surface area (Å²) in [6.07, 6.45) is 1.27. The van der Waals surface area contributed by atoms with Crippen LogP contribution in [0.1, 0.15) is 0 Å². The van der Waals surface area contributed by atoms with E-state index < -0.39 is 9.84 Å². The fraction of sp³-hybridized carbons (Fsp3) is 0. The van der Waals surface area contributed by atoms with Crippen LogP contribution in [0.3, 0.4) is 0 Å². The molecule has 0 spiro atoms. The number of hydrogen-bond acceptors (Lipinski definition) is 3. The Balaban J connectivity index is 3.20. The van der Waals surface area contributed by atoms with Crippen LogP contribution in [-0.4, -0.2) is 8.42 Å². The largest absolute Gasteiger partial charge is 0.220 e. The topological polar surface area (TPSA) is 57.9 Å². The van der Waals surface area contributed by atoms with Gasteiger partial charge in [0, 0.05) is 5.41 Å². The summed E-state index contributed by atoms with van der Waals surface area (Å²) in [5.41, 5.74) is 0.190. The number of nitriles is 1. The smallest absolute Gasteiger partial charge is 0.194 e. The van der Waals surface area contributed by atoms with Gasteiger partial charge in [-0.05, 0) is 6.08 Å². The van der Waals surface area contributed by atoms with Gasteiger partial charge in [-0.15, -0.1) is 0 Å². The third kappa shape index (κ3) is 1.18. The molecule has 0 amide bonds. The highest BCUT2D eigenvalue weighted by Gasteiger charge is 2.09. The first-order chi connectivity index (χ1) is 4.14. The minimum atomic E-state index is -3.17. The molecule has 0 atom stereocenters. The maximum absolute atomic E-state index is 10.5. The lowest BCUT2D eigenvalue weighted by Crippen LogP contribution is -1.81. The second-order valence-corrected chi connectivity index (χ2v) is 3.26. The summed E-state index contributed by atoms with van der Waals surface area (Å²) in [5, 5.41) is 10.1. The molecule has 1 heterocycles. The van der Waals surface area contributed by atoms with E-state index in [2.05, 4.69) is 0 Å². The molecule has 0 saturated carbocycles. The Kier molecular flexibility index (Phi) is 1.15. The van der Waals surface area contributed by atoms with Gasteiger partial charge in [0.05, 0.1) is 17.1 Å². The zero-order valence-electron chi connectivity index (χ0n) is 4.40. The predicted molar refractivity (Wildman–Crippen MR) is 31.8 cm³/mol. The maximum atomic E-state index is 10.5. The zero-order valence-corrected chi connectivity index (χ0v) is 5.22. The van der Waals surface area contributed by atoms with Gasteiger partial charge in [-0.25, -0.2) is 8.42 Å². The van der Waals surface area contributed by atoms with Crippen LogP contribution < -0.4 is 0 Å². The minimum absolute atomic E-state index is 0.190. The summed E-state index contributed by atoms with van der Waals surface area (Å²) in [4.78, 5) is 0. The number of allylic oxidation sites excluding steroid dienone is 2. The van der Waals surface area contributed by atoms with Crippen LogP contribution in [0.25, 0.3) is 0 Å². The van der Waals surface area contributed by atoms with E-state index in [-0.39, 0.29) is 5.57 Å². The molecule has 0 unspecified atom stereocenters. The number of nitrogens with zero attached hydrogens (tertiary/aromatic N) is 1. The highest BCUT2D eigenvalue weighted by atomic mass is 32.2. The van der Waals surface area contributed by atoms with E-state index >= 15 is 0 Å².